The topological polar surface area (TPSA) is 74.0 Å². The summed E-state index contributed by atoms with van der Waals surface area (Å²) in [6, 6.07) is 5.61. The second-order valence-electron chi connectivity index (χ2n) is 8.44. The minimum atomic E-state index is -5.72. The highest BCUT2D eigenvalue weighted by molar-refractivity contribution is 5.89. The number of carbonyl (C=O) groups excluding carboxylic acids is 2. The number of hydrogen-bond acceptors (Lipinski definition) is 2. The number of H-pyrrole nitrogens is 1. The van der Waals surface area contributed by atoms with E-state index in [1.807, 2.05) is 0 Å². The Morgan fingerprint density at radius 1 is 1.12 bits per heavy atom. The third-order valence-corrected chi connectivity index (χ3v) is 6.26. The van der Waals surface area contributed by atoms with Gasteiger partial charge in [0.15, 0.2) is 0 Å². The molecule has 2 aromatic rings. The van der Waals surface area contributed by atoms with Crippen molar-refractivity contribution < 1.29 is 35.9 Å². The first kappa shape index (κ1) is 23.2. The summed E-state index contributed by atoms with van der Waals surface area (Å²) in [6.45, 7) is 0.440. The van der Waals surface area contributed by atoms with Gasteiger partial charge in [-0.05, 0) is 67.1 Å². The van der Waals surface area contributed by atoms with Gasteiger partial charge in [0.05, 0.1) is 5.41 Å². The third kappa shape index (κ3) is 4.20. The lowest BCUT2D eigenvalue weighted by molar-refractivity contribution is -0.297. The maximum absolute atomic E-state index is 14.3. The van der Waals surface area contributed by atoms with Gasteiger partial charge in [0.25, 0.3) is 0 Å². The molecule has 3 N–H and O–H groups in total. The quantitative estimate of drug-likeness (QED) is 0.533. The first-order valence-corrected chi connectivity index (χ1v) is 10.4. The second kappa shape index (κ2) is 8.11. The van der Waals surface area contributed by atoms with Crippen LogP contribution in [0.25, 0.3) is 11.3 Å². The first-order chi connectivity index (χ1) is 15.4. The second-order valence-corrected chi connectivity index (χ2v) is 8.44. The summed E-state index contributed by atoms with van der Waals surface area (Å²) in [5.41, 5.74) is -1.68. The maximum Gasteiger partial charge on any atom is 0.454 e. The molecule has 33 heavy (non-hydrogen) atoms. The van der Waals surface area contributed by atoms with Crippen LogP contribution in [-0.4, -0.2) is 41.5 Å². The zero-order valence-electron chi connectivity index (χ0n) is 17.3. The van der Waals surface area contributed by atoms with E-state index in [1.54, 1.807) is 0 Å². The molecule has 2 fully saturated rings. The summed E-state index contributed by atoms with van der Waals surface area (Å²) in [6.07, 6.45) is -6.06. The van der Waals surface area contributed by atoms with Crippen molar-refractivity contribution in [1.29, 1.82) is 0 Å². The molecule has 2 aliphatic rings. The number of carbonyl (C=O) groups is 2. The van der Waals surface area contributed by atoms with E-state index < -0.39 is 35.3 Å². The molecule has 2 amide bonds. The van der Waals surface area contributed by atoms with Gasteiger partial charge in [0.1, 0.15) is 11.9 Å². The van der Waals surface area contributed by atoms with Crippen LogP contribution in [0.4, 0.5) is 26.3 Å². The monoisotopic (exact) mass is 473 g/mol. The fourth-order valence-electron chi connectivity index (χ4n) is 4.22. The Kier molecular flexibility index (Phi) is 5.69. The highest BCUT2D eigenvalue weighted by Gasteiger charge is 2.75. The minimum absolute atomic E-state index is 0.0249. The first-order valence-electron chi connectivity index (χ1n) is 10.4. The number of aromatic amines is 1. The van der Waals surface area contributed by atoms with Gasteiger partial charge in [-0.1, -0.05) is 0 Å². The van der Waals surface area contributed by atoms with Crippen molar-refractivity contribution in [3.63, 3.8) is 0 Å². The van der Waals surface area contributed by atoms with Crippen LogP contribution in [0.2, 0.25) is 0 Å². The van der Waals surface area contributed by atoms with Gasteiger partial charge < -0.3 is 15.6 Å². The van der Waals surface area contributed by atoms with E-state index in [-0.39, 0.29) is 43.0 Å². The molecule has 4 rings (SSSR count). The third-order valence-electron chi connectivity index (χ3n) is 6.26. The van der Waals surface area contributed by atoms with Gasteiger partial charge in [-0.15, -0.1) is 0 Å². The molecule has 1 aliphatic heterocycles. The molecule has 1 aromatic carbocycles. The molecule has 1 saturated carbocycles. The highest BCUT2D eigenvalue weighted by atomic mass is 19.4. The molecular formula is C22H21F6N3O2. The lowest BCUT2D eigenvalue weighted by Crippen LogP contribution is -2.47. The summed E-state index contributed by atoms with van der Waals surface area (Å²) in [4.78, 5) is 26.6. The molecule has 1 atom stereocenters. The van der Waals surface area contributed by atoms with Crippen LogP contribution in [0.3, 0.4) is 0 Å². The minimum Gasteiger partial charge on any atom is -0.358 e. The van der Waals surface area contributed by atoms with Gasteiger partial charge in [0, 0.05) is 24.4 Å². The summed E-state index contributed by atoms with van der Waals surface area (Å²) in [5.74, 6) is -6.23. The highest BCUT2D eigenvalue weighted by Crippen LogP contribution is 2.63. The van der Waals surface area contributed by atoms with Crippen LogP contribution in [0.5, 0.6) is 0 Å². The number of rotatable bonds is 7. The Hall–Kier alpha value is -2.98. The average Bonchev–Trinajstić information content (AvgIpc) is 3.31. The summed E-state index contributed by atoms with van der Waals surface area (Å²) in [5, 5.41) is 5.16. The molecule has 0 radical (unpaired) electrons. The van der Waals surface area contributed by atoms with Gasteiger partial charge in [-0.2, -0.15) is 22.0 Å². The van der Waals surface area contributed by atoms with Crippen molar-refractivity contribution in [2.75, 3.05) is 6.54 Å². The molecule has 0 spiro atoms. The SMILES string of the molecule is O=C(CCc1cc(C2(C(F)(F)C(F)(F)F)CC2)[nH]c1-c1ccc(F)cc1)NC1CCNC1=O. The van der Waals surface area contributed by atoms with Crippen molar-refractivity contribution in [3.05, 3.63) is 47.4 Å². The number of nitrogens with one attached hydrogen (secondary N) is 3. The fraction of sp³-hybridized carbons (Fsp3) is 0.455. The molecule has 1 saturated heterocycles. The zero-order chi connectivity index (χ0) is 24.0. The standard InChI is InChI=1S/C22H21F6N3O2/c23-14-4-1-12(2-5-14)18-13(3-6-17(32)30-15-7-10-29-19(15)33)11-16(31-18)20(8-9-20)21(24,25)22(26,27)28/h1-2,4-5,11,15,31H,3,6-10H2,(H,29,33)(H,30,32). The van der Waals surface area contributed by atoms with Crippen LogP contribution in [0, 0.1) is 5.82 Å². The van der Waals surface area contributed by atoms with Crippen molar-refractivity contribution in [1.82, 2.24) is 15.6 Å². The molecule has 1 aromatic heterocycles. The number of halogens is 6. The predicted molar refractivity (Wildman–Crippen MR) is 106 cm³/mol. The molecule has 178 valence electrons. The largest absolute Gasteiger partial charge is 0.454 e. The average molecular weight is 473 g/mol. The Labute approximate surface area is 184 Å². The van der Waals surface area contributed by atoms with Crippen LogP contribution < -0.4 is 10.6 Å². The molecule has 11 heteroatoms. The molecule has 5 nitrogen and oxygen atoms in total. The molecular weight excluding hydrogens is 452 g/mol. The van der Waals surface area contributed by atoms with Crippen molar-refractivity contribution >= 4 is 11.8 Å². The van der Waals surface area contributed by atoms with Crippen molar-refractivity contribution in [3.8, 4) is 11.3 Å². The summed E-state index contributed by atoms with van der Waals surface area (Å²) in [7, 11) is 0. The van der Waals surface area contributed by atoms with Crippen LogP contribution in [0.1, 0.15) is 36.9 Å². The molecule has 1 aliphatic carbocycles. The number of amides is 2. The normalized spacial score (nSPS) is 19.9. The number of hydrogen-bond donors (Lipinski definition) is 3. The smallest absolute Gasteiger partial charge is 0.358 e. The maximum atomic E-state index is 14.3. The van der Waals surface area contributed by atoms with E-state index >= 15 is 0 Å². The number of aryl methyl sites for hydroxylation is 1. The molecule has 0 bridgehead atoms. The van der Waals surface area contributed by atoms with E-state index in [0.29, 0.717) is 24.1 Å². The van der Waals surface area contributed by atoms with Crippen LogP contribution in [-0.2, 0) is 21.4 Å². The summed E-state index contributed by atoms with van der Waals surface area (Å²) < 4.78 is 81.4. The van der Waals surface area contributed by atoms with Gasteiger partial charge >= 0.3 is 12.1 Å². The van der Waals surface area contributed by atoms with Gasteiger partial charge in [-0.3, -0.25) is 9.59 Å². The van der Waals surface area contributed by atoms with E-state index in [2.05, 4.69) is 15.6 Å². The number of benzene rings is 1. The molecule has 2 heterocycles. The number of aromatic nitrogens is 1. The van der Waals surface area contributed by atoms with Crippen LogP contribution >= 0.6 is 0 Å². The van der Waals surface area contributed by atoms with Crippen molar-refractivity contribution in [2.45, 2.75) is 55.7 Å². The Balaban J connectivity index is 1.61. The van der Waals surface area contributed by atoms with Gasteiger partial charge in [-0.25, -0.2) is 4.39 Å². The van der Waals surface area contributed by atoms with E-state index in [0.717, 1.165) is 12.1 Å². The lowest BCUT2D eigenvalue weighted by Gasteiger charge is -2.28. The Morgan fingerprint density at radius 3 is 2.33 bits per heavy atom. The summed E-state index contributed by atoms with van der Waals surface area (Å²) >= 11 is 0. The zero-order valence-corrected chi connectivity index (χ0v) is 17.3. The van der Waals surface area contributed by atoms with Crippen LogP contribution in [0.15, 0.2) is 30.3 Å². The van der Waals surface area contributed by atoms with E-state index in [9.17, 15) is 35.9 Å². The fourth-order valence-corrected chi connectivity index (χ4v) is 4.22. The Bertz CT molecular complexity index is 1060. The van der Waals surface area contributed by atoms with Gasteiger partial charge in [0.2, 0.25) is 11.8 Å². The van der Waals surface area contributed by atoms with E-state index in [1.165, 1.54) is 18.2 Å². The van der Waals surface area contributed by atoms with E-state index in [4.69, 9.17) is 0 Å². The lowest BCUT2D eigenvalue weighted by atomic mass is 9.92. The number of alkyl halides is 5. The van der Waals surface area contributed by atoms with Crippen molar-refractivity contribution in [2.24, 2.45) is 0 Å². The molecule has 1 unspecified atom stereocenters. The Morgan fingerprint density at radius 2 is 1.79 bits per heavy atom. The predicted octanol–water partition coefficient (Wildman–Crippen LogP) is 3.99.